The first-order valence-electron chi connectivity index (χ1n) is 10.1. The Kier molecular flexibility index (Phi) is 5.38. The molecule has 0 amide bonds. The van der Waals surface area contributed by atoms with Gasteiger partial charge in [0.05, 0.1) is 15.9 Å². The standard InChI is InChI=1S/C25H22N4S/c1-2-6-22-21(5-1)28-25(29-22)24-12-11-23(30-24)20-9-7-19(8-10-20)17-27-15-13-18-4-3-14-26-16-18/h1-12,14,16,27H,13,15,17H2,(H,28,29). The van der Waals surface area contributed by atoms with Gasteiger partial charge in [0.15, 0.2) is 0 Å². The second-order valence-electron chi connectivity index (χ2n) is 7.25. The van der Waals surface area contributed by atoms with Crippen molar-refractivity contribution in [2.24, 2.45) is 0 Å². The normalized spacial score (nSPS) is 11.2. The van der Waals surface area contributed by atoms with E-state index in [0.29, 0.717) is 0 Å². The number of pyridine rings is 1. The predicted octanol–water partition coefficient (Wildman–Crippen LogP) is 5.69. The molecule has 5 rings (SSSR count). The van der Waals surface area contributed by atoms with Crippen molar-refractivity contribution in [2.75, 3.05) is 6.54 Å². The van der Waals surface area contributed by atoms with Crippen LogP contribution in [0, 0.1) is 0 Å². The quantitative estimate of drug-likeness (QED) is 0.339. The Labute approximate surface area is 179 Å². The third kappa shape index (κ3) is 4.17. The first kappa shape index (κ1) is 18.7. The van der Waals surface area contributed by atoms with E-state index < -0.39 is 0 Å². The minimum Gasteiger partial charge on any atom is -0.337 e. The number of hydrogen-bond acceptors (Lipinski definition) is 4. The summed E-state index contributed by atoms with van der Waals surface area (Å²) in [7, 11) is 0. The molecule has 148 valence electrons. The van der Waals surface area contributed by atoms with Crippen LogP contribution in [0.4, 0.5) is 0 Å². The first-order chi connectivity index (χ1) is 14.8. The van der Waals surface area contributed by atoms with Crippen molar-refractivity contribution >= 4 is 22.4 Å². The molecule has 5 heteroatoms. The highest BCUT2D eigenvalue weighted by Crippen LogP contribution is 2.34. The number of imidazole rings is 1. The van der Waals surface area contributed by atoms with E-state index in [0.717, 1.165) is 41.2 Å². The summed E-state index contributed by atoms with van der Waals surface area (Å²) in [5, 5.41) is 3.51. The number of H-pyrrole nitrogens is 1. The van der Waals surface area contributed by atoms with Crippen LogP contribution >= 0.6 is 11.3 Å². The molecule has 0 aliphatic heterocycles. The Morgan fingerprint density at radius 3 is 2.53 bits per heavy atom. The molecular formula is C25H22N4S. The topological polar surface area (TPSA) is 53.6 Å². The molecule has 0 saturated heterocycles. The number of nitrogens with one attached hydrogen (secondary N) is 2. The molecule has 0 saturated carbocycles. The number of thiophene rings is 1. The third-order valence-electron chi connectivity index (χ3n) is 5.11. The number of para-hydroxylation sites is 2. The summed E-state index contributed by atoms with van der Waals surface area (Å²) in [5.41, 5.74) is 5.87. The van der Waals surface area contributed by atoms with E-state index in [4.69, 9.17) is 4.98 Å². The van der Waals surface area contributed by atoms with Crippen molar-refractivity contribution in [2.45, 2.75) is 13.0 Å². The second kappa shape index (κ2) is 8.61. The molecule has 0 aliphatic rings. The molecule has 30 heavy (non-hydrogen) atoms. The fourth-order valence-corrected chi connectivity index (χ4v) is 4.44. The monoisotopic (exact) mass is 410 g/mol. The fraction of sp³-hybridized carbons (Fsp3) is 0.120. The van der Waals surface area contributed by atoms with Crippen LogP contribution in [0.1, 0.15) is 11.1 Å². The van der Waals surface area contributed by atoms with Crippen molar-refractivity contribution in [1.82, 2.24) is 20.3 Å². The highest BCUT2D eigenvalue weighted by molar-refractivity contribution is 7.18. The molecule has 0 bridgehead atoms. The summed E-state index contributed by atoms with van der Waals surface area (Å²) in [6.07, 6.45) is 4.73. The van der Waals surface area contributed by atoms with Gasteiger partial charge in [-0.15, -0.1) is 11.3 Å². The molecule has 2 N–H and O–H groups in total. The zero-order valence-electron chi connectivity index (χ0n) is 16.5. The smallest absolute Gasteiger partial charge is 0.148 e. The average Bonchev–Trinajstić information content (AvgIpc) is 3.45. The lowest BCUT2D eigenvalue weighted by atomic mass is 10.1. The van der Waals surface area contributed by atoms with Crippen molar-refractivity contribution in [3.05, 3.63) is 96.3 Å². The Balaban J connectivity index is 1.21. The molecule has 0 unspecified atom stereocenters. The Hall–Kier alpha value is -3.28. The summed E-state index contributed by atoms with van der Waals surface area (Å²) < 4.78 is 0. The maximum atomic E-state index is 4.71. The van der Waals surface area contributed by atoms with E-state index in [-0.39, 0.29) is 0 Å². The molecule has 4 nitrogen and oxygen atoms in total. The van der Waals surface area contributed by atoms with Gasteiger partial charge >= 0.3 is 0 Å². The Morgan fingerprint density at radius 2 is 1.70 bits per heavy atom. The van der Waals surface area contributed by atoms with Crippen LogP contribution in [0.2, 0.25) is 0 Å². The van der Waals surface area contributed by atoms with Crippen molar-refractivity contribution in [3.63, 3.8) is 0 Å². The van der Waals surface area contributed by atoms with Gasteiger partial charge in [0.1, 0.15) is 5.82 Å². The summed E-state index contributed by atoms with van der Waals surface area (Å²) in [6.45, 7) is 1.81. The molecule has 0 spiro atoms. The van der Waals surface area contributed by atoms with Gasteiger partial charge in [0, 0.05) is 23.8 Å². The van der Waals surface area contributed by atoms with Gasteiger partial charge in [-0.2, -0.15) is 0 Å². The number of nitrogens with zero attached hydrogens (tertiary/aromatic N) is 2. The average molecular weight is 411 g/mol. The van der Waals surface area contributed by atoms with Crippen LogP contribution < -0.4 is 5.32 Å². The van der Waals surface area contributed by atoms with Crippen LogP contribution in [0.25, 0.3) is 32.2 Å². The molecule has 3 heterocycles. The van der Waals surface area contributed by atoms with E-state index >= 15 is 0 Å². The van der Waals surface area contributed by atoms with E-state index in [1.54, 1.807) is 11.3 Å². The zero-order valence-corrected chi connectivity index (χ0v) is 17.3. The number of fused-ring (bicyclic) bond motifs is 1. The lowest BCUT2D eigenvalue weighted by Gasteiger charge is -2.06. The van der Waals surface area contributed by atoms with Crippen LogP contribution in [-0.2, 0) is 13.0 Å². The molecular weight excluding hydrogens is 388 g/mol. The number of aromatic nitrogens is 3. The number of rotatable bonds is 7. The molecule has 0 radical (unpaired) electrons. The van der Waals surface area contributed by atoms with E-state index in [2.05, 4.69) is 63.8 Å². The predicted molar refractivity (Wildman–Crippen MR) is 124 cm³/mol. The summed E-state index contributed by atoms with van der Waals surface area (Å²) in [5.74, 6) is 0.932. The third-order valence-corrected chi connectivity index (χ3v) is 6.25. The van der Waals surface area contributed by atoms with Crippen molar-refractivity contribution in [1.29, 1.82) is 0 Å². The number of benzene rings is 2. The Morgan fingerprint density at radius 1 is 0.833 bits per heavy atom. The van der Waals surface area contributed by atoms with Gasteiger partial charge in [-0.25, -0.2) is 4.98 Å². The van der Waals surface area contributed by atoms with Gasteiger partial charge in [-0.3, -0.25) is 4.98 Å². The van der Waals surface area contributed by atoms with Crippen LogP contribution in [0.15, 0.2) is 85.2 Å². The first-order valence-corrected chi connectivity index (χ1v) is 10.9. The lowest BCUT2D eigenvalue weighted by molar-refractivity contribution is 0.686. The van der Waals surface area contributed by atoms with Crippen LogP contribution in [0.3, 0.4) is 0 Å². The lowest BCUT2D eigenvalue weighted by Crippen LogP contribution is -2.16. The largest absolute Gasteiger partial charge is 0.337 e. The maximum Gasteiger partial charge on any atom is 0.148 e. The van der Waals surface area contributed by atoms with Crippen molar-refractivity contribution in [3.8, 4) is 21.1 Å². The minimum atomic E-state index is 0.870. The summed E-state index contributed by atoms with van der Waals surface area (Å²) in [6, 6.07) is 25.4. The molecule has 0 fully saturated rings. The fourth-order valence-electron chi connectivity index (χ4n) is 3.49. The minimum absolute atomic E-state index is 0.870. The number of hydrogen-bond donors (Lipinski definition) is 2. The van der Waals surface area contributed by atoms with Crippen LogP contribution in [-0.4, -0.2) is 21.5 Å². The van der Waals surface area contributed by atoms with Gasteiger partial charge in [0.25, 0.3) is 0 Å². The highest BCUT2D eigenvalue weighted by atomic mass is 32.1. The molecule has 5 aromatic rings. The molecule has 0 atom stereocenters. The molecule has 2 aromatic carbocycles. The number of aromatic amines is 1. The van der Waals surface area contributed by atoms with E-state index in [9.17, 15) is 0 Å². The van der Waals surface area contributed by atoms with Gasteiger partial charge < -0.3 is 10.3 Å². The van der Waals surface area contributed by atoms with Crippen LogP contribution in [0.5, 0.6) is 0 Å². The second-order valence-corrected chi connectivity index (χ2v) is 8.34. The van der Waals surface area contributed by atoms with E-state index in [1.165, 1.54) is 21.6 Å². The molecule has 3 aromatic heterocycles. The Bertz CT molecular complexity index is 1210. The summed E-state index contributed by atoms with van der Waals surface area (Å²) in [4.78, 5) is 14.7. The SMILES string of the molecule is c1cncc(CCNCc2ccc(-c3ccc(-c4nc5ccccc5[nH]4)s3)cc2)c1. The highest BCUT2D eigenvalue weighted by Gasteiger charge is 2.09. The molecule has 0 aliphatic carbocycles. The maximum absolute atomic E-state index is 4.71. The van der Waals surface area contributed by atoms with Gasteiger partial charge in [0.2, 0.25) is 0 Å². The van der Waals surface area contributed by atoms with Crippen molar-refractivity contribution < 1.29 is 0 Å². The summed E-state index contributed by atoms with van der Waals surface area (Å²) >= 11 is 1.76. The van der Waals surface area contributed by atoms with Gasteiger partial charge in [-0.1, -0.05) is 42.5 Å². The zero-order chi connectivity index (χ0) is 20.2. The van der Waals surface area contributed by atoms with E-state index in [1.807, 2.05) is 36.7 Å². The van der Waals surface area contributed by atoms with Gasteiger partial charge in [-0.05, 0) is 60.0 Å².